The van der Waals surface area contributed by atoms with Gasteiger partial charge in [0.2, 0.25) is 0 Å². The molecule has 2 rings (SSSR count). The highest BCUT2D eigenvalue weighted by Crippen LogP contribution is 2.17. The normalized spacial score (nSPS) is 12.5. The van der Waals surface area contributed by atoms with Crippen LogP contribution < -0.4 is 5.32 Å². The molecule has 0 aliphatic heterocycles. The fourth-order valence-electron chi connectivity index (χ4n) is 1.97. The lowest BCUT2D eigenvalue weighted by molar-refractivity contribution is 0.140. The number of ether oxygens (including phenoxy) is 1. The van der Waals surface area contributed by atoms with Crippen molar-refractivity contribution in [1.82, 2.24) is 15.1 Å². The van der Waals surface area contributed by atoms with Gasteiger partial charge in [0.15, 0.2) is 0 Å². The van der Waals surface area contributed by atoms with Gasteiger partial charge in [0.1, 0.15) is 0 Å². The van der Waals surface area contributed by atoms with Crippen molar-refractivity contribution < 1.29 is 9.84 Å². The van der Waals surface area contributed by atoms with Crippen molar-refractivity contribution in [1.29, 1.82) is 0 Å². The van der Waals surface area contributed by atoms with Gasteiger partial charge in [0.05, 0.1) is 25.5 Å². The van der Waals surface area contributed by atoms with Crippen LogP contribution in [0.15, 0.2) is 42.7 Å². The maximum Gasteiger partial charge on any atom is 0.0860 e. The molecule has 0 aliphatic rings. The van der Waals surface area contributed by atoms with E-state index in [1.807, 2.05) is 42.7 Å². The zero-order valence-corrected chi connectivity index (χ0v) is 11.7. The van der Waals surface area contributed by atoms with Crippen LogP contribution in [0.2, 0.25) is 0 Å². The SMILES string of the molecule is COCCNCC(O)Cn1cc(-c2ccccc2)cn1. The van der Waals surface area contributed by atoms with Crippen molar-refractivity contribution in [2.45, 2.75) is 12.6 Å². The van der Waals surface area contributed by atoms with Crippen molar-refractivity contribution in [2.24, 2.45) is 0 Å². The molecule has 0 saturated carbocycles. The summed E-state index contributed by atoms with van der Waals surface area (Å²) in [5, 5.41) is 17.3. The number of nitrogens with zero attached hydrogens (tertiary/aromatic N) is 2. The summed E-state index contributed by atoms with van der Waals surface area (Å²) in [6.07, 6.45) is 3.31. The van der Waals surface area contributed by atoms with Crippen molar-refractivity contribution in [3.63, 3.8) is 0 Å². The van der Waals surface area contributed by atoms with Crippen LogP contribution >= 0.6 is 0 Å². The Bertz CT molecular complexity index is 499. The van der Waals surface area contributed by atoms with E-state index in [-0.39, 0.29) is 0 Å². The van der Waals surface area contributed by atoms with Gasteiger partial charge in [-0.1, -0.05) is 30.3 Å². The van der Waals surface area contributed by atoms with Crippen LogP contribution in [0.3, 0.4) is 0 Å². The molecule has 0 spiro atoms. The van der Waals surface area contributed by atoms with E-state index in [0.717, 1.165) is 17.7 Å². The van der Waals surface area contributed by atoms with Crippen molar-refractivity contribution in [2.75, 3.05) is 26.8 Å². The Balaban J connectivity index is 1.83. The fourth-order valence-corrected chi connectivity index (χ4v) is 1.97. The number of hydrogen-bond donors (Lipinski definition) is 2. The molecular formula is C15H21N3O2. The van der Waals surface area contributed by atoms with Crippen molar-refractivity contribution in [3.8, 4) is 11.1 Å². The molecule has 0 radical (unpaired) electrons. The molecule has 0 saturated heterocycles. The van der Waals surface area contributed by atoms with Crippen LogP contribution in [0.4, 0.5) is 0 Å². The van der Waals surface area contributed by atoms with E-state index in [1.54, 1.807) is 11.8 Å². The number of aromatic nitrogens is 2. The molecule has 1 heterocycles. The van der Waals surface area contributed by atoms with Crippen molar-refractivity contribution in [3.05, 3.63) is 42.7 Å². The average molecular weight is 275 g/mol. The van der Waals surface area contributed by atoms with E-state index in [4.69, 9.17) is 4.74 Å². The molecule has 2 aromatic rings. The van der Waals surface area contributed by atoms with E-state index in [9.17, 15) is 5.11 Å². The molecule has 20 heavy (non-hydrogen) atoms. The summed E-state index contributed by atoms with van der Waals surface area (Å²) in [6, 6.07) is 10.1. The molecule has 5 heteroatoms. The van der Waals surface area contributed by atoms with E-state index < -0.39 is 6.10 Å². The molecule has 2 N–H and O–H groups in total. The number of hydrogen-bond acceptors (Lipinski definition) is 4. The van der Waals surface area contributed by atoms with E-state index in [0.29, 0.717) is 19.7 Å². The third-order valence-corrected chi connectivity index (χ3v) is 3.00. The standard InChI is InChI=1S/C15H21N3O2/c1-20-8-7-16-10-15(19)12-18-11-14(9-17-18)13-5-3-2-4-6-13/h2-6,9,11,15-16,19H,7-8,10,12H2,1H3. The Labute approximate surface area is 119 Å². The zero-order valence-electron chi connectivity index (χ0n) is 11.7. The topological polar surface area (TPSA) is 59.3 Å². The molecule has 1 atom stereocenters. The van der Waals surface area contributed by atoms with Gasteiger partial charge < -0.3 is 15.2 Å². The van der Waals surface area contributed by atoms with E-state index in [1.165, 1.54) is 0 Å². The summed E-state index contributed by atoms with van der Waals surface area (Å²) in [5.74, 6) is 0. The second-order valence-electron chi connectivity index (χ2n) is 4.67. The Hall–Kier alpha value is -1.69. The molecule has 0 amide bonds. The highest BCUT2D eigenvalue weighted by atomic mass is 16.5. The lowest BCUT2D eigenvalue weighted by Crippen LogP contribution is -2.32. The average Bonchev–Trinajstić information content (AvgIpc) is 2.93. The summed E-state index contributed by atoms with van der Waals surface area (Å²) in [5.41, 5.74) is 2.19. The highest BCUT2D eigenvalue weighted by molar-refractivity contribution is 5.61. The summed E-state index contributed by atoms with van der Waals surface area (Å²) in [6.45, 7) is 2.39. The number of methoxy groups -OCH3 is 1. The van der Waals surface area contributed by atoms with Crippen LogP contribution in [0, 0.1) is 0 Å². The summed E-state index contributed by atoms with van der Waals surface area (Å²) < 4.78 is 6.70. The van der Waals surface area contributed by atoms with Gasteiger partial charge in [0.25, 0.3) is 0 Å². The van der Waals surface area contributed by atoms with Gasteiger partial charge >= 0.3 is 0 Å². The predicted octanol–water partition coefficient (Wildman–Crippen LogP) is 1.15. The minimum absolute atomic E-state index is 0.463. The number of aliphatic hydroxyl groups excluding tert-OH is 1. The van der Waals surface area contributed by atoms with Gasteiger partial charge in [-0.05, 0) is 5.56 Å². The molecule has 1 unspecified atom stereocenters. The lowest BCUT2D eigenvalue weighted by Gasteiger charge is -2.11. The first-order valence-corrected chi connectivity index (χ1v) is 6.75. The van der Waals surface area contributed by atoms with Crippen LogP contribution in [-0.2, 0) is 11.3 Å². The smallest absolute Gasteiger partial charge is 0.0860 e. The van der Waals surface area contributed by atoms with Crippen LogP contribution in [0.25, 0.3) is 11.1 Å². The number of benzene rings is 1. The second-order valence-corrected chi connectivity index (χ2v) is 4.67. The van der Waals surface area contributed by atoms with E-state index >= 15 is 0 Å². The van der Waals surface area contributed by atoms with Gasteiger partial charge in [-0.2, -0.15) is 5.10 Å². The monoisotopic (exact) mass is 275 g/mol. The third kappa shape index (κ3) is 4.45. The lowest BCUT2D eigenvalue weighted by atomic mass is 10.1. The van der Waals surface area contributed by atoms with Crippen molar-refractivity contribution >= 4 is 0 Å². The zero-order chi connectivity index (χ0) is 14.2. The highest BCUT2D eigenvalue weighted by Gasteiger charge is 2.07. The van der Waals surface area contributed by atoms with Gasteiger partial charge in [-0.25, -0.2) is 0 Å². The number of nitrogens with one attached hydrogen (secondary N) is 1. The quantitative estimate of drug-likeness (QED) is 0.710. The Morgan fingerprint density at radius 2 is 2.10 bits per heavy atom. The molecule has 0 bridgehead atoms. The molecule has 1 aromatic heterocycles. The van der Waals surface area contributed by atoms with Crippen LogP contribution in [-0.4, -0.2) is 47.8 Å². The number of aliphatic hydroxyl groups is 1. The van der Waals surface area contributed by atoms with Crippen LogP contribution in [0.5, 0.6) is 0 Å². The predicted molar refractivity (Wildman–Crippen MR) is 78.4 cm³/mol. The number of rotatable bonds is 8. The summed E-state index contributed by atoms with van der Waals surface area (Å²) >= 11 is 0. The minimum atomic E-state index is -0.463. The molecule has 5 nitrogen and oxygen atoms in total. The largest absolute Gasteiger partial charge is 0.390 e. The first kappa shape index (κ1) is 14.7. The van der Waals surface area contributed by atoms with Gasteiger partial charge in [-0.15, -0.1) is 0 Å². The maximum atomic E-state index is 9.92. The molecule has 1 aromatic carbocycles. The molecule has 0 fully saturated rings. The molecule has 0 aliphatic carbocycles. The minimum Gasteiger partial charge on any atom is -0.390 e. The Kier molecular flexibility index (Phi) is 5.73. The Morgan fingerprint density at radius 1 is 1.30 bits per heavy atom. The third-order valence-electron chi connectivity index (χ3n) is 3.00. The van der Waals surface area contributed by atoms with Gasteiger partial charge in [-0.3, -0.25) is 4.68 Å². The fraction of sp³-hybridized carbons (Fsp3) is 0.400. The maximum absolute atomic E-state index is 9.92. The second kappa shape index (κ2) is 7.79. The summed E-state index contributed by atoms with van der Waals surface area (Å²) in [4.78, 5) is 0. The van der Waals surface area contributed by atoms with Crippen LogP contribution in [0.1, 0.15) is 0 Å². The molecule has 108 valence electrons. The Morgan fingerprint density at radius 3 is 2.85 bits per heavy atom. The first-order valence-electron chi connectivity index (χ1n) is 6.75. The molecular weight excluding hydrogens is 254 g/mol. The van der Waals surface area contributed by atoms with E-state index in [2.05, 4.69) is 10.4 Å². The summed E-state index contributed by atoms with van der Waals surface area (Å²) in [7, 11) is 1.66. The van der Waals surface area contributed by atoms with Gasteiger partial charge in [0, 0.05) is 32.0 Å². The first-order chi connectivity index (χ1) is 9.79.